The molecule has 0 aliphatic rings. The third-order valence-electron chi connectivity index (χ3n) is 2.42. The van der Waals surface area contributed by atoms with Gasteiger partial charge < -0.3 is 4.90 Å². The Morgan fingerprint density at radius 3 is 2.94 bits per heavy atom. The van der Waals surface area contributed by atoms with E-state index < -0.39 is 0 Å². The fourth-order valence-electron chi connectivity index (χ4n) is 1.78. The lowest BCUT2D eigenvalue weighted by Gasteiger charge is -2.21. The van der Waals surface area contributed by atoms with Crippen LogP contribution in [0.2, 0.25) is 0 Å². The molecule has 0 saturated carbocycles. The van der Waals surface area contributed by atoms with Crippen molar-refractivity contribution in [2.75, 3.05) is 18.5 Å². The highest BCUT2D eigenvalue weighted by atomic mass is 79.9. The van der Waals surface area contributed by atoms with Gasteiger partial charge in [0, 0.05) is 18.4 Å². The molecule has 0 aliphatic heterocycles. The summed E-state index contributed by atoms with van der Waals surface area (Å²) in [4.78, 5) is 6.83. The Balaban J connectivity index is 2.45. The predicted molar refractivity (Wildman–Crippen MR) is 69.4 cm³/mol. The third-order valence-corrected chi connectivity index (χ3v) is 2.71. The first-order valence-electron chi connectivity index (χ1n) is 5.23. The number of aryl methyl sites for hydroxylation is 1. The maximum absolute atomic E-state index is 4.24. The van der Waals surface area contributed by atoms with Crippen LogP contribution in [0.1, 0.15) is 12.5 Å². The average molecular weight is 283 g/mol. The number of pyridine rings is 1. The largest absolute Gasteiger partial charge is 0.358 e. The molecule has 0 radical (unpaired) electrons. The van der Waals surface area contributed by atoms with Gasteiger partial charge in [-0.3, -0.25) is 0 Å². The Morgan fingerprint density at radius 2 is 2.25 bits per heavy atom. The van der Waals surface area contributed by atoms with Crippen molar-refractivity contribution in [1.29, 1.82) is 0 Å². The highest BCUT2D eigenvalue weighted by Gasteiger charge is 2.10. The second-order valence-electron chi connectivity index (χ2n) is 4.08. The monoisotopic (exact) mass is 282 g/mol. The van der Waals surface area contributed by atoms with Crippen molar-refractivity contribution in [2.24, 2.45) is 0 Å². The molecular weight excluding hydrogens is 268 g/mol. The Hall–Kier alpha value is -1.10. The zero-order valence-corrected chi connectivity index (χ0v) is 11.3. The van der Waals surface area contributed by atoms with E-state index in [0.717, 1.165) is 18.0 Å². The number of halogens is 1. The summed E-state index contributed by atoms with van der Waals surface area (Å²) in [6.45, 7) is 5.13. The first-order chi connectivity index (χ1) is 7.58. The molecule has 0 amide bonds. The predicted octanol–water partition coefficient (Wildman–Crippen LogP) is 2.26. The van der Waals surface area contributed by atoms with Gasteiger partial charge in [-0.15, -0.1) is 0 Å². The van der Waals surface area contributed by atoms with Crippen LogP contribution in [-0.4, -0.2) is 33.0 Å². The molecule has 0 N–H and O–H groups in total. The van der Waals surface area contributed by atoms with Gasteiger partial charge in [0.05, 0.1) is 0 Å². The molecule has 0 bridgehead atoms. The maximum atomic E-state index is 4.24. The van der Waals surface area contributed by atoms with Crippen LogP contribution in [-0.2, 0) is 0 Å². The van der Waals surface area contributed by atoms with E-state index in [2.05, 4.69) is 57.9 Å². The first-order valence-corrected chi connectivity index (χ1v) is 6.15. The Morgan fingerprint density at radius 1 is 1.50 bits per heavy atom. The van der Waals surface area contributed by atoms with E-state index in [4.69, 9.17) is 0 Å². The van der Waals surface area contributed by atoms with Crippen LogP contribution in [0.4, 0.5) is 5.82 Å². The quantitative estimate of drug-likeness (QED) is 0.810. The van der Waals surface area contributed by atoms with Crippen LogP contribution < -0.4 is 4.90 Å². The van der Waals surface area contributed by atoms with Crippen LogP contribution in [0.15, 0.2) is 18.5 Å². The number of alkyl halides is 1. The normalized spacial score (nSPS) is 13.0. The van der Waals surface area contributed by atoms with Crippen molar-refractivity contribution in [1.82, 2.24) is 14.6 Å². The Labute approximate surface area is 103 Å². The molecule has 86 valence electrons. The zero-order chi connectivity index (χ0) is 11.7. The van der Waals surface area contributed by atoms with Crippen molar-refractivity contribution < 1.29 is 0 Å². The molecule has 2 heterocycles. The maximum Gasteiger partial charge on any atom is 0.157 e. The lowest BCUT2D eigenvalue weighted by atomic mass is 10.3. The number of rotatable bonds is 3. The molecule has 1 atom stereocenters. The SMILES string of the molecule is Cc1cc(N(C)CC(C)Br)n2ncnc2c1. The first kappa shape index (κ1) is 11.4. The molecule has 2 rings (SSSR count). The third kappa shape index (κ3) is 2.19. The summed E-state index contributed by atoms with van der Waals surface area (Å²) in [5.74, 6) is 1.07. The summed E-state index contributed by atoms with van der Waals surface area (Å²) in [6, 6.07) is 4.15. The number of hydrogen-bond donors (Lipinski definition) is 0. The van der Waals surface area contributed by atoms with Crippen molar-refractivity contribution in [3.63, 3.8) is 0 Å². The minimum atomic E-state index is 0.441. The van der Waals surface area contributed by atoms with E-state index >= 15 is 0 Å². The van der Waals surface area contributed by atoms with Gasteiger partial charge >= 0.3 is 0 Å². The molecular formula is C11H15BrN4. The van der Waals surface area contributed by atoms with Crippen molar-refractivity contribution in [3.8, 4) is 0 Å². The Kier molecular flexibility index (Phi) is 3.14. The van der Waals surface area contributed by atoms with Crippen LogP contribution in [0, 0.1) is 6.92 Å². The molecule has 0 fully saturated rings. The van der Waals surface area contributed by atoms with E-state index in [9.17, 15) is 0 Å². The molecule has 0 aliphatic carbocycles. The molecule has 0 aromatic carbocycles. The standard InChI is InChI=1S/C11H15BrN4/c1-8-4-10-13-7-14-16(10)11(5-8)15(3)6-9(2)12/h4-5,7,9H,6H2,1-3H3. The Bertz CT molecular complexity index is 492. The fourth-order valence-corrected chi connectivity index (χ4v) is 2.21. The van der Waals surface area contributed by atoms with Gasteiger partial charge in [0.15, 0.2) is 5.65 Å². The minimum absolute atomic E-state index is 0.441. The molecule has 16 heavy (non-hydrogen) atoms. The topological polar surface area (TPSA) is 33.4 Å². The number of anilines is 1. The molecule has 5 heteroatoms. The molecule has 4 nitrogen and oxygen atoms in total. The summed E-state index contributed by atoms with van der Waals surface area (Å²) < 4.78 is 1.86. The summed E-state index contributed by atoms with van der Waals surface area (Å²) in [5.41, 5.74) is 2.09. The van der Waals surface area contributed by atoms with E-state index in [1.54, 1.807) is 6.33 Å². The zero-order valence-electron chi connectivity index (χ0n) is 9.68. The highest BCUT2D eigenvalue weighted by molar-refractivity contribution is 9.09. The van der Waals surface area contributed by atoms with Gasteiger partial charge in [-0.1, -0.05) is 22.9 Å². The number of hydrogen-bond acceptors (Lipinski definition) is 3. The van der Waals surface area contributed by atoms with Crippen molar-refractivity contribution in [3.05, 3.63) is 24.0 Å². The summed E-state index contributed by atoms with van der Waals surface area (Å²) in [7, 11) is 2.06. The summed E-state index contributed by atoms with van der Waals surface area (Å²) in [5, 5.41) is 4.24. The molecule has 0 spiro atoms. The second-order valence-corrected chi connectivity index (χ2v) is 5.65. The van der Waals surface area contributed by atoms with Gasteiger partial charge in [-0.25, -0.2) is 4.98 Å². The summed E-state index contributed by atoms with van der Waals surface area (Å²) >= 11 is 3.56. The van der Waals surface area contributed by atoms with E-state index in [1.807, 2.05) is 10.6 Å². The molecule has 2 aromatic heterocycles. The van der Waals surface area contributed by atoms with Gasteiger partial charge in [-0.05, 0) is 24.6 Å². The number of nitrogens with zero attached hydrogens (tertiary/aromatic N) is 4. The second kappa shape index (κ2) is 4.41. The van der Waals surface area contributed by atoms with Gasteiger partial charge in [0.2, 0.25) is 0 Å². The number of aromatic nitrogens is 3. The molecule has 0 saturated heterocycles. The highest BCUT2D eigenvalue weighted by Crippen LogP contribution is 2.17. The van der Waals surface area contributed by atoms with E-state index in [0.29, 0.717) is 4.83 Å². The average Bonchev–Trinajstić information content (AvgIpc) is 2.62. The van der Waals surface area contributed by atoms with E-state index in [-0.39, 0.29) is 0 Å². The van der Waals surface area contributed by atoms with Crippen LogP contribution in [0.5, 0.6) is 0 Å². The van der Waals surface area contributed by atoms with Gasteiger partial charge in [-0.2, -0.15) is 9.61 Å². The lowest BCUT2D eigenvalue weighted by Crippen LogP contribution is -2.26. The van der Waals surface area contributed by atoms with Crippen LogP contribution in [0.3, 0.4) is 0 Å². The minimum Gasteiger partial charge on any atom is -0.358 e. The van der Waals surface area contributed by atoms with Gasteiger partial charge in [0.1, 0.15) is 12.1 Å². The molecule has 2 aromatic rings. The van der Waals surface area contributed by atoms with Crippen LogP contribution in [0.25, 0.3) is 5.65 Å². The van der Waals surface area contributed by atoms with Crippen molar-refractivity contribution in [2.45, 2.75) is 18.7 Å². The molecule has 1 unspecified atom stereocenters. The summed E-state index contributed by atoms with van der Waals surface area (Å²) in [6.07, 6.45) is 1.59. The van der Waals surface area contributed by atoms with Crippen LogP contribution >= 0.6 is 15.9 Å². The number of fused-ring (bicyclic) bond motifs is 1. The smallest absolute Gasteiger partial charge is 0.157 e. The fraction of sp³-hybridized carbons (Fsp3) is 0.455. The van der Waals surface area contributed by atoms with Gasteiger partial charge in [0.25, 0.3) is 0 Å². The lowest BCUT2D eigenvalue weighted by molar-refractivity contribution is 0.821. The van der Waals surface area contributed by atoms with E-state index in [1.165, 1.54) is 5.56 Å². The van der Waals surface area contributed by atoms with Crippen molar-refractivity contribution >= 4 is 27.4 Å².